The second kappa shape index (κ2) is 10.1. The van der Waals surface area contributed by atoms with Crippen LogP contribution in [0.15, 0.2) is 30.3 Å². The summed E-state index contributed by atoms with van der Waals surface area (Å²) >= 11 is 0. The monoisotopic (exact) mass is 427 g/mol. The highest BCUT2D eigenvalue weighted by Crippen LogP contribution is 2.28. The number of aliphatic hydroxyl groups excluding tert-OH is 6. The number of nitrogens with zero attached hydrogens (tertiary/aromatic N) is 1. The molecule has 0 spiro atoms. The molecule has 2 heterocycles. The van der Waals surface area contributed by atoms with Gasteiger partial charge in [0.2, 0.25) is 0 Å². The molecular weight excluding hydrogens is 402 g/mol. The minimum Gasteiger partial charge on any atom is -0.388 e. The fourth-order valence-electron chi connectivity index (χ4n) is 3.23. The second-order valence-electron chi connectivity index (χ2n) is 7.15. The largest absolute Gasteiger partial charge is 0.388 e. The Balaban J connectivity index is 1.63. The van der Waals surface area contributed by atoms with Gasteiger partial charge in [-0.05, 0) is 5.56 Å². The molecular formula is C19H25NO10. The van der Waals surface area contributed by atoms with Gasteiger partial charge in [0.15, 0.2) is 18.7 Å². The number of hydrogen-bond donors (Lipinski definition) is 6. The third kappa shape index (κ3) is 4.96. The number of benzene rings is 1. The number of ether oxygens (including phenoxy) is 4. The van der Waals surface area contributed by atoms with Gasteiger partial charge in [0.05, 0.1) is 19.3 Å². The second-order valence-corrected chi connectivity index (χ2v) is 7.15. The average Bonchev–Trinajstić information content (AvgIpc) is 2.76. The average molecular weight is 427 g/mol. The summed E-state index contributed by atoms with van der Waals surface area (Å²) in [5, 5.41) is 69.0. The van der Waals surface area contributed by atoms with Crippen LogP contribution in [0.4, 0.5) is 0 Å². The SMILES string of the molecule is N#C[C@@H](O[C@H]1O[C@@H](CO[C@H]2OC[C@H](O)[C@@H](O)[C@@H]2O)[C@@H](O)[C@H](O)[C@@H]1O)c1ccccc1. The van der Waals surface area contributed by atoms with Crippen LogP contribution in [0.1, 0.15) is 11.7 Å². The van der Waals surface area contributed by atoms with Crippen molar-refractivity contribution in [2.75, 3.05) is 13.2 Å². The van der Waals surface area contributed by atoms with Crippen LogP contribution in [-0.2, 0) is 18.9 Å². The summed E-state index contributed by atoms with van der Waals surface area (Å²) in [5.41, 5.74) is 0.510. The fraction of sp³-hybridized carbons (Fsp3) is 0.632. The highest BCUT2D eigenvalue weighted by Gasteiger charge is 2.46. The smallest absolute Gasteiger partial charge is 0.188 e. The molecule has 10 atom stereocenters. The molecule has 0 unspecified atom stereocenters. The van der Waals surface area contributed by atoms with E-state index in [1.165, 1.54) is 0 Å². The number of aliphatic hydroxyl groups is 6. The summed E-state index contributed by atoms with van der Waals surface area (Å²) in [7, 11) is 0. The lowest BCUT2D eigenvalue weighted by Gasteiger charge is -2.41. The maximum absolute atomic E-state index is 10.2. The van der Waals surface area contributed by atoms with Crippen LogP contribution >= 0.6 is 0 Å². The van der Waals surface area contributed by atoms with Gasteiger partial charge in [0.25, 0.3) is 0 Å². The van der Waals surface area contributed by atoms with Crippen LogP contribution < -0.4 is 0 Å². The molecule has 2 fully saturated rings. The van der Waals surface area contributed by atoms with Gasteiger partial charge in [0.1, 0.15) is 42.7 Å². The van der Waals surface area contributed by atoms with Crippen LogP contribution in [0.5, 0.6) is 0 Å². The summed E-state index contributed by atoms with van der Waals surface area (Å²) < 4.78 is 21.5. The zero-order valence-corrected chi connectivity index (χ0v) is 15.8. The predicted octanol–water partition coefficient (Wildman–Crippen LogP) is -2.47. The van der Waals surface area contributed by atoms with Crippen molar-refractivity contribution in [1.82, 2.24) is 0 Å². The first-order valence-electron chi connectivity index (χ1n) is 9.40. The van der Waals surface area contributed by atoms with Crippen LogP contribution in [0.3, 0.4) is 0 Å². The van der Waals surface area contributed by atoms with E-state index in [-0.39, 0.29) is 6.61 Å². The minimum atomic E-state index is -1.66. The molecule has 2 aliphatic rings. The predicted molar refractivity (Wildman–Crippen MR) is 96.3 cm³/mol. The molecule has 0 aromatic heterocycles. The van der Waals surface area contributed by atoms with Crippen molar-refractivity contribution in [1.29, 1.82) is 5.26 Å². The van der Waals surface area contributed by atoms with Crippen molar-refractivity contribution in [3.63, 3.8) is 0 Å². The van der Waals surface area contributed by atoms with Gasteiger partial charge in [-0.25, -0.2) is 0 Å². The lowest BCUT2D eigenvalue weighted by atomic mass is 9.99. The van der Waals surface area contributed by atoms with Crippen molar-refractivity contribution < 1.29 is 49.6 Å². The third-order valence-corrected chi connectivity index (χ3v) is 5.04. The van der Waals surface area contributed by atoms with Crippen LogP contribution in [-0.4, -0.2) is 99.2 Å². The maximum atomic E-state index is 10.2. The molecule has 3 rings (SSSR count). The van der Waals surface area contributed by atoms with E-state index in [1.807, 2.05) is 6.07 Å². The molecule has 2 aliphatic heterocycles. The Labute approximate surface area is 172 Å². The summed E-state index contributed by atoms with van der Waals surface area (Å²) in [6.07, 6.45) is -14.2. The molecule has 1 aromatic rings. The van der Waals surface area contributed by atoms with E-state index in [9.17, 15) is 35.9 Å². The van der Waals surface area contributed by atoms with Gasteiger partial charge < -0.3 is 49.6 Å². The lowest BCUT2D eigenvalue weighted by molar-refractivity contribution is -0.325. The topological polar surface area (TPSA) is 182 Å². The number of hydrogen-bond acceptors (Lipinski definition) is 11. The molecule has 6 N–H and O–H groups in total. The molecule has 30 heavy (non-hydrogen) atoms. The Kier molecular flexibility index (Phi) is 7.72. The fourth-order valence-corrected chi connectivity index (χ4v) is 3.23. The van der Waals surface area contributed by atoms with Crippen molar-refractivity contribution in [3.05, 3.63) is 35.9 Å². The first-order chi connectivity index (χ1) is 14.3. The summed E-state index contributed by atoms with van der Waals surface area (Å²) in [4.78, 5) is 0. The standard InChI is InChI=1S/C19H25NO10/c20-6-11(9-4-2-1-3-5-9)29-19-17(26)15(24)14(23)12(30-19)8-28-18-16(25)13(22)10(21)7-27-18/h1-5,10-19,21-26H,7-8H2/t10-,11+,12-,13+,14+,15-,16-,17-,18+,19-/m0/s1. The van der Waals surface area contributed by atoms with E-state index in [1.54, 1.807) is 30.3 Å². The van der Waals surface area contributed by atoms with Gasteiger partial charge in [0, 0.05) is 0 Å². The summed E-state index contributed by atoms with van der Waals surface area (Å²) in [5.74, 6) is 0. The molecule has 0 saturated carbocycles. The van der Waals surface area contributed by atoms with E-state index in [0.29, 0.717) is 5.56 Å². The third-order valence-electron chi connectivity index (χ3n) is 5.04. The van der Waals surface area contributed by atoms with Gasteiger partial charge in [-0.3, -0.25) is 0 Å². The zero-order chi connectivity index (χ0) is 21.8. The Bertz CT molecular complexity index is 715. The van der Waals surface area contributed by atoms with E-state index < -0.39 is 68.0 Å². The zero-order valence-electron chi connectivity index (χ0n) is 15.8. The summed E-state index contributed by atoms with van der Waals surface area (Å²) in [6, 6.07) is 10.4. The van der Waals surface area contributed by atoms with Crippen molar-refractivity contribution in [2.45, 2.75) is 61.4 Å². The first-order valence-corrected chi connectivity index (χ1v) is 9.40. The molecule has 166 valence electrons. The van der Waals surface area contributed by atoms with Crippen LogP contribution in [0.25, 0.3) is 0 Å². The Morgan fingerprint density at radius 3 is 2.27 bits per heavy atom. The Morgan fingerprint density at radius 2 is 1.60 bits per heavy atom. The number of nitriles is 1. The van der Waals surface area contributed by atoms with Gasteiger partial charge in [-0.15, -0.1) is 0 Å². The van der Waals surface area contributed by atoms with E-state index in [2.05, 4.69) is 0 Å². The van der Waals surface area contributed by atoms with E-state index in [4.69, 9.17) is 18.9 Å². The molecule has 0 aliphatic carbocycles. The van der Waals surface area contributed by atoms with Crippen LogP contribution in [0.2, 0.25) is 0 Å². The Hall–Kier alpha value is -1.69. The molecule has 2 saturated heterocycles. The Morgan fingerprint density at radius 1 is 0.933 bits per heavy atom. The molecule has 0 radical (unpaired) electrons. The first kappa shape index (κ1) is 23.0. The minimum absolute atomic E-state index is 0.273. The van der Waals surface area contributed by atoms with Crippen molar-refractivity contribution >= 4 is 0 Å². The van der Waals surface area contributed by atoms with Crippen molar-refractivity contribution in [2.24, 2.45) is 0 Å². The highest BCUT2D eigenvalue weighted by atomic mass is 16.7. The van der Waals surface area contributed by atoms with Crippen molar-refractivity contribution in [3.8, 4) is 6.07 Å². The quantitative estimate of drug-likeness (QED) is 0.283. The molecule has 11 heteroatoms. The normalized spacial score (nSPS) is 40.5. The maximum Gasteiger partial charge on any atom is 0.188 e. The van der Waals surface area contributed by atoms with Gasteiger partial charge in [-0.1, -0.05) is 30.3 Å². The summed E-state index contributed by atoms with van der Waals surface area (Å²) in [6.45, 7) is -0.678. The molecule has 1 aromatic carbocycles. The molecule has 0 bridgehead atoms. The van der Waals surface area contributed by atoms with E-state index in [0.717, 1.165) is 0 Å². The van der Waals surface area contributed by atoms with Gasteiger partial charge >= 0.3 is 0 Å². The highest BCUT2D eigenvalue weighted by molar-refractivity contribution is 5.22. The van der Waals surface area contributed by atoms with Gasteiger partial charge in [-0.2, -0.15) is 5.26 Å². The molecule has 11 nitrogen and oxygen atoms in total. The van der Waals surface area contributed by atoms with Crippen LogP contribution in [0, 0.1) is 11.3 Å². The molecule has 0 amide bonds. The number of rotatable bonds is 6. The lowest BCUT2D eigenvalue weighted by Crippen LogP contribution is -2.60. The van der Waals surface area contributed by atoms with E-state index >= 15 is 0 Å².